The molecule has 13 nitrogen and oxygen atoms in total. The molecule has 1 aromatic rings. The number of carbonyl (C=O) groups is 3. The van der Waals surface area contributed by atoms with Crippen LogP contribution in [0.3, 0.4) is 0 Å². The normalized spacial score (nSPS) is 18.7. The minimum absolute atomic E-state index is 0.00334. The monoisotopic (exact) mass is 926 g/mol. The lowest BCUT2D eigenvalue weighted by atomic mass is 9.88. The fourth-order valence-corrected chi connectivity index (χ4v) is 8.88. The van der Waals surface area contributed by atoms with Gasteiger partial charge in [0.15, 0.2) is 6.10 Å². The number of Topliss-reactive ketones (excluding diaryl/α,β-unsaturated/α-hetero) is 1. The van der Waals surface area contributed by atoms with Gasteiger partial charge in [-0.25, -0.2) is 0 Å². The summed E-state index contributed by atoms with van der Waals surface area (Å²) in [5.74, 6) is 0.693. The van der Waals surface area contributed by atoms with Crippen LogP contribution in [0, 0.1) is 25.7 Å². The predicted octanol–water partition coefficient (Wildman–Crippen LogP) is 9.75. The number of quaternary nitrogens is 1. The van der Waals surface area contributed by atoms with E-state index in [2.05, 4.69) is 27.7 Å². The SMILES string of the molecule is CCCCCc1oc(CCCCCCCCCCC(=O)OC[C@H](COP(=O)([O-])OCC[N+](C)(C)C)OC(=O)CCCCCC[C@H]2[C@@H](O)CC(=O)[C@@H]2/C=C/[C@@H](O)CCCCC)c(C)c1C. The second-order valence-electron chi connectivity index (χ2n) is 19.2. The highest BCUT2D eigenvalue weighted by atomic mass is 31.2. The molecule has 0 bridgehead atoms. The van der Waals surface area contributed by atoms with Crippen LogP contribution in [0.15, 0.2) is 16.6 Å². The van der Waals surface area contributed by atoms with Crippen LogP contribution in [-0.4, -0.2) is 98.2 Å². The summed E-state index contributed by atoms with van der Waals surface area (Å²) in [6, 6.07) is 0. The van der Waals surface area contributed by atoms with E-state index in [-0.39, 0.29) is 44.2 Å². The van der Waals surface area contributed by atoms with E-state index in [1.165, 1.54) is 36.8 Å². The number of aliphatic hydroxyl groups is 2. The highest BCUT2D eigenvalue weighted by molar-refractivity contribution is 7.45. The van der Waals surface area contributed by atoms with Gasteiger partial charge in [-0.1, -0.05) is 116 Å². The van der Waals surface area contributed by atoms with Gasteiger partial charge >= 0.3 is 11.9 Å². The number of nitrogens with zero attached hydrogens (tertiary/aromatic N) is 1. The number of allylic oxidation sites excluding steroid dienone is 1. The third kappa shape index (κ3) is 25.5. The van der Waals surface area contributed by atoms with Gasteiger partial charge in [-0.05, 0) is 69.4 Å². The molecule has 1 aliphatic carbocycles. The Kier molecular flexibility index (Phi) is 29.2. The molecule has 0 radical (unpaired) electrons. The lowest BCUT2D eigenvalue weighted by Crippen LogP contribution is -2.37. The molecule has 2 N–H and O–H groups in total. The first-order valence-corrected chi connectivity index (χ1v) is 26.3. The number of ketones is 1. The van der Waals surface area contributed by atoms with Gasteiger partial charge < -0.3 is 42.5 Å². The van der Waals surface area contributed by atoms with Crippen molar-refractivity contribution in [2.75, 3.05) is 47.5 Å². The first-order chi connectivity index (χ1) is 30.5. The second kappa shape index (κ2) is 32.3. The van der Waals surface area contributed by atoms with Gasteiger partial charge in [0.25, 0.3) is 7.82 Å². The number of rotatable bonds is 38. The number of aryl methyl sites for hydroxylation is 2. The molecule has 0 spiro atoms. The molecule has 370 valence electrons. The van der Waals surface area contributed by atoms with Crippen LogP contribution in [-0.2, 0) is 50.3 Å². The molecule has 0 saturated heterocycles. The summed E-state index contributed by atoms with van der Waals surface area (Å²) in [7, 11) is 1.00. The Bertz CT molecular complexity index is 1540. The average Bonchev–Trinajstić information content (AvgIpc) is 3.66. The minimum atomic E-state index is -4.71. The largest absolute Gasteiger partial charge is 0.756 e. The van der Waals surface area contributed by atoms with Crippen LogP contribution in [0.4, 0.5) is 0 Å². The van der Waals surface area contributed by atoms with Gasteiger partial charge in [-0.2, -0.15) is 0 Å². The first-order valence-electron chi connectivity index (χ1n) is 24.9. The topological polar surface area (TPSA) is 182 Å². The molecule has 0 aliphatic heterocycles. The number of phosphoric acid groups is 1. The number of aliphatic hydroxyl groups excluding tert-OH is 2. The van der Waals surface area contributed by atoms with Crippen LogP contribution in [0.2, 0.25) is 0 Å². The molecule has 2 rings (SSSR count). The molecule has 0 aromatic carbocycles. The summed E-state index contributed by atoms with van der Waals surface area (Å²) >= 11 is 0. The Morgan fingerprint density at radius 1 is 0.797 bits per heavy atom. The fourth-order valence-electron chi connectivity index (χ4n) is 8.15. The number of hydrogen-bond donors (Lipinski definition) is 2. The fraction of sp³-hybridized carbons (Fsp3) is 0.820. The predicted molar refractivity (Wildman–Crippen MR) is 250 cm³/mol. The number of unbranched alkanes of at least 4 members (excludes halogenated alkanes) is 14. The third-order valence-electron chi connectivity index (χ3n) is 12.4. The van der Waals surface area contributed by atoms with Crippen molar-refractivity contribution in [3.63, 3.8) is 0 Å². The van der Waals surface area contributed by atoms with Gasteiger partial charge in [-0.15, -0.1) is 0 Å². The molecule has 1 heterocycles. The van der Waals surface area contributed by atoms with Crippen LogP contribution >= 0.6 is 7.82 Å². The van der Waals surface area contributed by atoms with Gasteiger partial charge in [0.1, 0.15) is 37.1 Å². The molecule has 64 heavy (non-hydrogen) atoms. The van der Waals surface area contributed by atoms with Crippen molar-refractivity contribution in [2.45, 2.75) is 207 Å². The van der Waals surface area contributed by atoms with E-state index in [0.29, 0.717) is 43.1 Å². The van der Waals surface area contributed by atoms with Crippen LogP contribution in [0.1, 0.15) is 184 Å². The summed E-state index contributed by atoms with van der Waals surface area (Å²) in [6.07, 6.45) is 22.5. The molecule has 14 heteroatoms. The van der Waals surface area contributed by atoms with Crippen molar-refractivity contribution in [1.82, 2.24) is 0 Å². The average molecular weight is 926 g/mol. The molecule has 0 amide bonds. The van der Waals surface area contributed by atoms with Crippen LogP contribution in [0.25, 0.3) is 0 Å². The number of esters is 2. The molecule has 6 atom stereocenters. The zero-order valence-corrected chi connectivity index (χ0v) is 41.8. The van der Waals surface area contributed by atoms with Gasteiger partial charge in [0.2, 0.25) is 0 Å². The zero-order chi connectivity index (χ0) is 47.4. The Morgan fingerprint density at radius 3 is 1.95 bits per heavy atom. The van der Waals surface area contributed by atoms with Crippen molar-refractivity contribution >= 4 is 25.5 Å². The molecule has 1 aromatic heterocycles. The van der Waals surface area contributed by atoms with Crippen molar-refractivity contribution in [1.29, 1.82) is 0 Å². The lowest BCUT2D eigenvalue weighted by molar-refractivity contribution is -0.870. The lowest BCUT2D eigenvalue weighted by Gasteiger charge is -2.28. The molecule has 1 unspecified atom stereocenters. The van der Waals surface area contributed by atoms with E-state index < -0.39 is 50.6 Å². The molecule has 1 fully saturated rings. The van der Waals surface area contributed by atoms with Crippen molar-refractivity contribution < 1.29 is 61.5 Å². The Balaban J connectivity index is 1.72. The third-order valence-corrected chi connectivity index (χ3v) is 13.4. The van der Waals surface area contributed by atoms with E-state index in [9.17, 15) is 34.1 Å². The van der Waals surface area contributed by atoms with E-state index >= 15 is 0 Å². The first kappa shape index (κ1) is 57.7. The van der Waals surface area contributed by atoms with Crippen molar-refractivity contribution in [3.05, 3.63) is 34.8 Å². The maximum absolute atomic E-state index is 12.9. The Hall–Kier alpha value is -2.38. The molecule has 1 saturated carbocycles. The van der Waals surface area contributed by atoms with Gasteiger partial charge in [0.05, 0.1) is 40.0 Å². The van der Waals surface area contributed by atoms with Gasteiger partial charge in [-0.3, -0.25) is 18.9 Å². The number of hydrogen-bond acceptors (Lipinski definition) is 12. The quantitative estimate of drug-likeness (QED) is 0.0211. The summed E-state index contributed by atoms with van der Waals surface area (Å²) in [5, 5.41) is 20.9. The molecule has 1 aliphatic rings. The molecular weight excluding hydrogens is 838 g/mol. The number of phosphoric ester groups is 1. The maximum Gasteiger partial charge on any atom is 0.306 e. The van der Waals surface area contributed by atoms with Gasteiger partial charge in [0, 0.05) is 38.0 Å². The van der Waals surface area contributed by atoms with E-state index in [4.69, 9.17) is 22.9 Å². The summed E-state index contributed by atoms with van der Waals surface area (Å²) in [6.45, 7) is 8.15. The van der Waals surface area contributed by atoms with Crippen molar-refractivity contribution in [2.24, 2.45) is 11.8 Å². The summed E-state index contributed by atoms with van der Waals surface area (Å²) < 4.78 is 40.2. The van der Waals surface area contributed by atoms with E-state index in [0.717, 1.165) is 95.0 Å². The number of ether oxygens (including phenoxy) is 2. The summed E-state index contributed by atoms with van der Waals surface area (Å²) in [4.78, 5) is 50.6. The Morgan fingerprint density at radius 2 is 1.34 bits per heavy atom. The standard InChI is InChI=1S/C50H88NO12P/c1-8-10-20-26-41(52)32-33-44-43(45(53)36-46(44)54)27-22-18-19-25-31-50(56)62-42(38-61-64(57,58)60-35-34-51(5,6)7)37-59-49(55)30-24-17-15-13-12-14-16-23-29-48-40(4)39(3)47(63-48)28-21-11-9-2/h32-33,41-45,52-53H,8-31,34-38H2,1-7H3/b33-32+/t41-,42+,43+,44+,45-/m0/s1. The summed E-state index contributed by atoms with van der Waals surface area (Å²) in [5.41, 5.74) is 2.63. The van der Waals surface area contributed by atoms with Crippen LogP contribution < -0.4 is 4.89 Å². The highest BCUT2D eigenvalue weighted by Gasteiger charge is 2.39. The maximum atomic E-state index is 12.9. The molecular formula is C50H88NO12P. The number of furan rings is 1. The number of likely N-dealkylation sites (N-methyl/N-ethyl adjacent to an activating group) is 1. The second-order valence-corrected chi connectivity index (χ2v) is 20.6. The smallest absolute Gasteiger partial charge is 0.306 e. The Labute approximate surface area is 386 Å². The van der Waals surface area contributed by atoms with Crippen molar-refractivity contribution in [3.8, 4) is 0 Å². The zero-order valence-electron chi connectivity index (χ0n) is 40.9. The minimum Gasteiger partial charge on any atom is -0.756 e. The van der Waals surface area contributed by atoms with Crippen LogP contribution in [0.5, 0.6) is 0 Å². The van der Waals surface area contributed by atoms with E-state index in [1.807, 2.05) is 21.1 Å². The van der Waals surface area contributed by atoms with E-state index in [1.54, 1.807) is 12.2 Å². The number of carbonyl (C=O) groups excluding carboxylic acids is 3. The highest BCUT2D eigenvalue weighted by Crippen LogP contribution is 2.38.